The lowest BCUT2D eigenvalue weighted by Gasteiger charge is -2.31. The van der Waals surface area contributed by atoms with Gasteiger partial charge in [-0.05, 0) is 43.0 Å². The van der Waals surface area contributed by atoms with Gasteiger partial charge < -0.3 is 4.90 Å². The molecule has 1 aliphatic rings. The van der Waals surface area contributed by atoms with Crippen LogP contribution in [0.2, 0.25) is 0 Å². The maximum Gasteiger partial charge on any atom is 0.272 e. The van der Waals surface area contributed by atoms with Gasteiger partial charge in [-0.15, -0.1) is 11.8 Å². The van der Waals surface area contributed by atoms with Crippen LogP contribution in [0.4, 0.5) is 0 Å². The topological polar surface area (TPSA) is 33.2 Å². The Morgan fingerprint density at radius 1 is 1.09 bits per heavy atom. The van der Waals surface area contributed by atoms with Crippen LogP contribution in [-0.2, 0) is 0 Å². The molecule has 0 saturated carbocycles. The fourth-order valence-corrected chi connectivity index (χ4v) is 3.80. The summed E-state index contributed by atoms with van der Waals surface area (Å²) in [5, 5.41) is 0. The third-order valence-corrected chi connectivity index (χ3v) is 5.26. The van der Waals surface area contributed by atoms with Gasteiger partial charge in [0.05, 0.1) is 0 Å². The molecule has 114 valence electrons. The van der Waals surface area contributed by atoms with Crippen molar-refractivity contribution in [2.75, 3.05) is 18.8 Å². The lowest BCUT2D eigenvalue weighted by Crippen LogP contribution is -2.39. The van der Waals surface area contributed by atoms with Crippen LogP contribution in [0.25, 0.3) is 0 Å². The predicted octanol–water partition coefficient (Wildman–Crippen LogP) is 3.73. The lowest BCUT2D eigenvalue weighted by molar-refractivity contribution is 0.0692. The molecule has 3 nitrogen and oxygen atoms in total. The van der Waals surface area contributed by atoms with E-state index in [0.717, 1.165) is 31.7 Å². The maximum absolute atomic E-state index is 12.3. The van der Waals surface area contributed by atoms with Gasteiger partial charge in [-0.25, -0.2) is 0 Å². The van der Waals surface area contributed by atoms with Crippen LogP contribution < -0.4 is 0 Å². The van der Waals surface area contributed by atoms with Gasteiger partial charge in [0.25, 0.3) is 5.91 Å². The number of carbonyl (C=O) groups excluding carboxylic acids is 1. The Morgan fingerprint density at radius 2 is 1.82 bits per heavy atom. The highest BCUT2D eigenvalue weighted by atomic mass is 32.2. The van der Waals surface area contributed by atoms with Crippen molar-refractivity contribution in [2.45, 2.75) is 17.7 Å². The van der Waals surface area contributed by atoms with Crippen LogP contribution in [0, 0.1) is 5.92 Å². The molecule has 1 amide bonds. The number of nitrogens with zero attached hydrogens (tertiary/aromatic N) is 2. The molecule has 1 saturated heterocycles. The number of hydrogen-bond donors (Lipinski definition) is 0. The second-order valence-corrected chi connectivity index (χ2v) is 6.67. The van der Waals surface area contributed by atoms with Gasteiger partial charge >= 0.3 is 0 Å². The van der Waals surface area contributed by atoms with Crippen LogP contribution in [0.15, 0.2) is 59.6 Å². The molecule has 22 heavy (non-hydrogen) atoms. The fraction of sp³-hybridized carbons (Fsp3) is 0.333. The summed E-state index contributed by atoms with van der Waals surface area (Å²) in [6.45, 7) is 1.69. The first-order valence-corrected chi connectivity index (χ1v) is 8.69. The molecule has 1 aromatic heterocycles. The second kappa shape index (κ2) is 7.45. The highest BCUT2D eigenvalue weighted by molar-refractivity contribution is 7.99. The summed E-state index contributed by atoms with van der Waals surface area (Å²) < 4.78 is 0. The number of rotatable bonds is 4. The first-order valence-electron chi connectivity index (χ1n) is 7.71. The van der Waals surface area contributed by atoms with Gasteiger partial charge in [0.15, 0.2) is 0 Å². The zero-order valence-corrected chi connectivity index (χ0v) is 13.3. The van der Waals surface area contributed by atoms with Crippen LogP contribution in [0.5, 0.6) is 0 Å². The van der Waals surface area contributed by atoms with Gasteiger partial charge in [0, 0.05) is 29.9 Å². The number of amides is 1. The molecule has 0 atom stereocenters. The molecule has 3 rings (SSSR count). The van der Waals surface area contributed by atoms with E-state index < -0.39 is 0 Å². The summed E-state index contributed by atoms with van der Waals surface area (Å²) in [4.78, 5) is 19.8. The number of hydrogen-bond acceptors (Lipinski definition) is 3. The Bertz CT molecular complexity index is 595. The van der Waals surface area contributed by atoms with E-state index >= 15 is 0 Å². The summed E-state index contributed by atoms with van der Waals surface area (Å²) in [5.74, 6) is 1.89. The van der Waals surface area contributed by atoms with Crippen molar-refractivity contribution in [3.05, 3.63) is 60.4 Å². The zero-order chi connectivity index (χ0) is 15.2. The number of thioether (sulfide) groups is 1. The number of aromatic nitrogens is 1. The Morgan fingerprint density at radius 3 is 2.50 bits per heavy atom. The number of carbonyl (C=O) groups is 1. The average Bonchev–Trinajstić information content (AvgIpc) is 2.61. The average molecular weight is 312 g/mol. The Labute approximate surface area is 135 Å². The van der Waals surface area contributed by atoms with Crippen molar-refractivity contribution < 1.29 is 4.79 Å². The van der Waals surface area contributed by atoms with Gasteiger partial charge in [0.2, 0.25) is 0 Å². The maximum atomic E-state index is 12.3. The highest BCUT2D eigenvalue weighted by Gasteiger charge is 2.24. The summed E-state index contributed by atoms with van der Waals surface area (Å²) in [5.41, 5.74) is 0.555. The van der Waals surface area contributed by atoms with E-state index in [1.807, 2.05) is 34.9 Å². The third kappa shape index (κ3) is 3.89. The number of likely N-dealkylation sites (tertiary alicyclic amines) is 1. The molecule has 1 aromatic carbocycles. The summed E-state index contributed by atoms with van der Waals surface area (Å²) in [7, 11) is 0. The molecule has 0 N–H and O–H groups in total. The molecular weight excluding hydrogens is 292 g/mol. The van der Waals surface area contributed by atoms with Gasteiger partial charge in [-0.2, -0.15) is 0 Å². The van der Waals surface area contributed by atoms with Crippen molar-refractivity contribution in [1.82, 2.24) is 9.88 Å². The van der Waals surface area contributed by atoms with E-state index in [1.165, 1.54) is 4.90 Å². The zero-order valence-electron chi connectivity index (χ0n) is 12.5. The number of pyridine rings is 1. The predicted molar refractivity (Wildman–Crippen MR) is 90.0 cm³/mol. The number of benzene rings is 1. The Hall–Kier alpha value is -1.81. The standard InChI is InChI=1S/C18H20N2OS/c21-18(17-8-4-5-11-19-17)20-12-9-15(10-13-20)14-22-16-6-2-1-3-7-16/h1-8,11,15H,9-10,12-14H2. The van der Waals surface area contributed by atoms with E-state index in [4.69, 9.17) is 0 Å². The quantitative estimate of drug-likeness (QED) is 0.807. The third-order valence-electron chi connectivity index (χ3n) is 4.01. The molecule has 0 spiro atoms. The van der Waals surface area contributed by atoms with Crippen LogP contribution in [0.3, 0.4) is 0 Å². The summed E-state index contributed by atoms with van der Waals surface area (Å²) in [6.07, 6.45) is 3.84. The van der Waals surface area contributed by atoms with E-state index in [2.05, 4.69) is 29.2 Å². The van der Waals surface area contributed by atoms with E-state index in [0.29, 0.717) is 11.6 Å². The van der Waals surface area contributed by atoms with Gasteiger partial charge in [-0.1, -0.05) is 24.3 Å². The molecule has 0 aliphatic carbocycles. The minimum absolute atomic E-state index is 0.0646. The van der Waals surface area contributed by atoms with Gasteiger partial charge in [0.1, 0.15) is 5.69 Å². The molecule has 4 heteroatoms. The lowest BCUT2D eigenvalue weighted by atomic mass is 9.99. The van der Waals surface area contributed by atoms with Crippen LogP contribution >= 0.6 is 11.8 Å². The molecule has 0 radical (unpaired) electrons. The minimum Gasteiger partial charge on any atom is -0.337 e. The highest BCUT2D eigenvalue weighted by Crippen LogP contribution is 2.26. The molecule has 2 aromatic rings. The summed E-state index contributed by atoms with van der Waals surface area (Å²) in [6, 6.07) is 16.0. The van der Waals surface area contributed by atoms with Crippen molar-refractivity contribution in [1.29, 1.82) is 0 Å². The largest absolute Gasteiger partial charge is 0.337 e. The molecule has 1 fully saturated rings. The van der Waals surface area contributed by atoms with E-state index in [1.54, 1.807) is 12.3 Å². The molecule has 1 aliphatic heterocycles. The fourth-order valence-electron chi connectivity index (χ4n) is 2.68. The van der Waals surface area contributed by atoms with Crippen LogP contribution in [-0.4, -0.2) is 34.6 Å². The molecular formula is C18H20N2OS. The van der Waals surface area contributed by atoms with Crippen molar-refractivity contribution in [3.63, 3.8) is 0 Å². The summed E-state index contributed by atoms with van der Waals surface area (Å²) >= 11 is 1.92. The van der Waals surface area contributed by atoms with Gasteiger partial charge in [-0.3, -0.25) is 9.78 Å². The van der Waals surface area contributed by atoms with Crippen molar-refractivity contribution >= 4 is 17.7 Å². The molecule has 2 heterocycles. The first kappa shape index (κ1) is 15.1. The smallest absolute Gasteiger partial charge is 0.272 e. The monoisotopic (exact) mass is 312 g/mol. The SMILES string of the molecule is O=C(c1ccccn1)N1CCC(CSc2ccccc2)CC1. The molecule has 0 bridgehead atoms. The second-order valence-electron chi connectivity index (χ2n) is 5.57. The first-order chi connectivity index (χ1) is 10.8. The van der Waals surface area contributed by atoms with E-state index in [-0.39, 0.29) is 5.91 Å². The normalized spacial score (nSPS) is 15.7. The Kier molecular flexibility index (Phi) is 5.11. The minimum atomic E-state index is 0.0646. The number of piperidine rings is 1. The van der Waals surface area contributed by atoms with Crippen LogP contribution in [0.1, 0.15) is 23.3 Å². The van der Waals surface area contributed by atoms with E-state index in [9.17, 15) is 4.79 Å². The Balaban J connectivity index is 1.47. The van der Waals surface area contributed by atoms with Crippen molar-refractivity contribution in [3.8, 4) is 0 Å². The van der Waals surface area contributed by atoms with Crippen molar-refractivity contribution in [2.24, 2.45) is 5.92 Å². The molecule has 0 unspecified atom stereocenters.